The number of benzene rings is 1. The van der Waals surface area contributed by atoms with E-state index in [0.717, 1.165) is 6.07 Å². The Labute approximate surface area is 110 Å². The summed E-state index contributed by atoms with van der Waals surface area (Å²) in [5, 5.41) is 12.8. The molecule has 0 saturated carbocycles. The third-order valence-corrected chi connectivity index (χ3v) is 2.48. The molecule has 0 heterocycles. The highest BCUT2D eigenvalue weighted by molar-refractivity contribution is 6.31. The molecule has 1 N–H and O–H groups in total. The van der Waals surface area contributed by atoms with Crippen LogP contribution in [0.4, 0.5) is 28.9 Å². The van der Waals surface area contributed by atoms with Crippen LogP contribution in [-0.2, 0) is 0 Å². The molecule has 0 aromatic heterocycles. The van der Waals surface area contributed by atoms with Crippen LogP contribution in [0.2, 0.25) is 5.02 Å². The van der Waals surface area contributed by atoms with E-state index in [1.807, 2.05) is 0 Å². The topological polar surface area (TPSA) is 55.2 Å². The first-order chi connectivity index (χ1) is 8.70. The SMILES string of the molecule is O=[N+]([O-])c1cc(F)c(Cl)cc1NCCCC(F)(F)F. The first kappa shape index (κ1) is 15.5. The van der Waals surface area contributed by atoms with Crippen LogP contribution in [-0.4, -0.2) is 17.6 Å². The summed E-state index contributed by atoms with van der Waals surface area (Å²) in [6.07, 6.45) is -5.55. The number of nitrogens with one attached hydrogen (secondary N) is 1. The van der Waals surface area contributed by atoms with Crippen molar-refractivity contribution >= 4 is 23.0 Å². The molecule has 106 valence electrons. The summed E-state index contributed by atoms with van der Waals surface area (Å²) in [5.41, 5.74) is -0.688. The lowest BCUT2D eigenvalue weighted by molar-refractivity contribution is -0.384. The normalized spacial score (nSPS) is 11.4. The Balaban J connectivity index is 2.72. The van der Waals surface area contributed by atoms with Crippen molar-refractivity contribution < 1.29 is 22.5 Å². The van der Waals surface area contributed by atoms with Gasteiger partial charge in [-0.1, -0.05) is 11.6 Å². The number of hydrogen-bond acceptors (Lipinski definition) is 3. The van der Waals surface area contributed by atoms with Crippen molar-refractivity contribution in [3.8, 4) is 0 Å². The second kappa shape index (κ2) is 6.05. The van der Waals surface area contributed by atoms with Gasteiger partial charge in [0.25, 0.3) is 5.69 Å². The molecule has 0 aliphatic carbocycles. The molecule has 0 bridgehead atoms. The molecular formula is C10H9ClF4N2O2. The maximum atomic E-state index is 13.1. The van der Waals surface area contributed by atoms with Crippen LogP contribution in [0.1, 0.15) is 12.8 Å². The minimum absolute atomic E-state index is 0.112. The fourth-order valence-corrected chi connectivity index (χ4v) is 1.50. The van der Waals surface area contributed by atoms with Crippen LogP contribution in [0, 0.1) is 15.9 Å². The molecule has 1 aromatic carbocycles. The third-order valence-electron chi connectivity index (χ3n) is 2.19. The van der Waals surface area contributed by atoms with E-state index in [9.17, 15) is 27.7 Å². The van der Waals surface area contributed by atoms with E-state index in [0.29, 0.717) is 6.07 Å². The highest BCUT2D eigenvalue weighted by Gasteiger charge is 2.26. The third kappa shape index (κ3) is 4.90. The largest absolute Gasteiger partial charge is 0.389 e. The monoisotopic (exact) mass is 300 g/mol. The Bertz CT molecular complexity index is 479. The van der Waals surface area contributed by atoms with Crippen molar-refractivity contribution in [2.45, 2.75) is 19.0 Å². The van der Waals surface area contributed by atoms with Gasteiger partial charge in [0.05, 0.1) is 16.0 Å². The van der Waals surface area contributed by atoms with Gasteiger partial charge in [-0.2, -0.15) is 13.2 Å². The van der Waals surface area contributed by atoms with Gasteiger partial charge < -0.3 is 5.32 Å². The minimum Gasteiger partial charge on any atom is -0.379 e. The summed E-state index contributed by atoms with van der Waals surface area (Å²) in [5.74, 6) is -0.964. The standard InChI is InChI=1S/C10H9ClF4N2O2/c11-6-4-8(9(17(18)19)5-7(6)12)16-3-1-2-10(13,14)15/h4-5,16H,1-3H2. The van der Waals surface area contributed by atoms with Gasteiger partial charge in [0.1, 0.15) is 11.5 Å². The van der Waals surface area contributed by atoms with E-state index in [1.54, 1.807) is 0 Å². The van der Waals surface area contributed by atoms with E-state index < -0.39 is 29.0 Å². The predicted octanol–water partition coefficient (Wildman–Crippen LogP) is 4.14. The average Bonchev–Trinajstić information content (AvgIpc) is 2.27. The van der Waals surface area contributed by atoms with Crippen LogP contribution in [0.3, 0.4) is 0 Å². The minimum atomic E-state index is -4.28. The van der Waals surface area contributed by atoms with Gasteiger partial charge in [0.15, 0.2) is 0 Å². The number of halogens is 5. The molecule has 0 radical (unpaired) electrons. The summed E-state index contributed by atoms with van der Waals surface area (Å²) in [6, 6.07) is 1.59. The first-order valence-electron chi connectivity index (χ1n) is 5.15. The molecule has 0 aliphatic heterocycles. The Morgan fingerprint density at radius 2 is 2.00 bits per heavy atom. The van der Waals surface area contributed by atoms with Crippen molar-refractivity contribution in [2.75, 3.05) is 11.9 Å². The van der Waals surface area contributed by atoms with E-state index in [-0.39, 0.29) is 23.7 Å². The van der Waals surface area contributed by atoms with Crippen LogP contribution in [0.5, 0.6) is 0 Å². The quantitative estimate of drug-likeness (QED) is 0.385. The molecule has 0 atom stereocenters. The lowest BCUT2D eigenvalue weighted by atomic mass is 10.2. The molecule has 0 amide bonds. The molecule has 9 heteroatoms. The highest BCUT2D eigenvalue weighted by atomic mass is 35.5. The summed E-state index contributed by atoms with van der Waals surface area (Å²) >= 11 is 5.46. The second-order valence-corrected chi connectivity index (χ2v) is 4.09. The van der Waals surface area contributed by atoms with Gasteiger partial charge in [0.2, 0.25) is 0 Å². The Morgan fingerprint density at radius 3 is 2.53 bits per heavy atom. The number of nitro groups is 1. The van der Waals surface area contributed by atoms with Gasteiger partial charge in [-0.3, -0.25) is 10.1 Å². The molecule has 19 heavy (non-hydrogen) atoms. The predicted molar refractivity (Wildman–Crippen MR) is 61.8 cm³/mol. The maximum Gasteiger partial charge on any atom is 0.389 e. The first-order valence-corrected chi connectivity index (χ1v) is 5.52. The van der Waals surface area contributed by atoms with Crippen molar-refractivity contribution in [3.63, 3.8) is 0 Å². The van der Waals surface area contributed by atoms with Gasteiger partial charge >= 0.3 is 6.18 Å². The van der Waals surface area contributed by atoms with E-state index in [1.165, 1.54) is 0 Å². The number of alkyl halides is 3. The van der Waals surface area contributed by atoms with E-state index >= 15 is 0 Å². The summed E-state index contributed by atoms with van der Waals surface area (Å²) in [4.78, 5) is 9.81. The van der Waals surface area contributed by atoms with E-state index in [4.69, 9.17) is 11.6 Å². The molecular weight excluding hydrogens is 292 g/mol. The Morgan fingerprint density at radius 1 is 1.37 bits per heavy atom. The van der Waals surface area contributed by atoms with Crippen LogP contribution in [0.15, 0.2) is 12.1 Å². The van der Waals surface area contributed by atoms with Crippen molar-refractivity contribution in [1.82, 2.24) is 0 Å². The van der Waals surface area contributed by atoms with Crippen molar-refractivity contribution in [2.24, 2.45) is 0 Å². The Kier molecular flexibility index (Phi) is 4.93. The lowest BCUT2D eigenvalue weighted by Gasteiger charge is -2.09. The molecule has 0 saturated heterocycles. The van der Waals surface area contributed by atoms with Gasteiger partial charge in [-0.05, 0) is 12.5 Å². The molecule has 4 nitrogen and oxygen atoms in total. The lowest BCUT2D eigenvalue weighted by Crippen LogP contribution is -2.11. The number of hydrogen-bond donors (Lipinski definition) is 1. The van der Waals surface area contributed by atoms with Gasteiger partial charge in [0, 0.05) is 13.0 Å². The Hall–Kier alpha value is -1.57. The van der Waals surface area contributed by atoms with Crippen LogP contribution >= 0.6 is 11.6 Å². The number of anilines is 1. The van der Waals surface area contributed by atoms with E-state index in [2.05, 4.69) is 5.32 Å². The maximum absolute atomic E-state index is 13.1. The van der Waals surface area contributed by atoms with Crippen molar-refractivity contribution in [1.29, 1.82) is 0 Å². The molecule has 0 spiro atoms. The highest BCUT2D eigenvalue weighted by Crippen LogP contribution is 2.30. The van der Waals surface area contributed by atoms with Crippen LogP contribution < -0.4 is 5.32 Å². The number of rotatable bonds is 5. The zero-order chi connectivity index (χ0) is 14.6. The second-order valence-electron chi connectivity index (χ2n) is 3.69. The van der Waals surface area contributed by atoms with Crippen LogP contribution in [0.25, 0.3) is 0 Å². The van der Waals surface area contributed by atoms with Gasteiger partial charge in [-0.15, -0.1) is 0 Å². The molecule has 0 aliphatic rings. The van der Waals surface area contributed by atoms with Gasteiger partial charge in [-0.25, -0.2) is 4.39 Å². The fourth-order valence-electron chi connectivity index (χ4n) is 1.34. The number of nitrogens with zero attached hydrogens (tertiary/aromatic N) is 1. The average molecular weight is 301 g/mol. The summed E-state index contributed by atoms with van der Waals surface area (Å²) in [6.45, 7) is -0.137. The molecule has 1 aromatic rings. The molecule has 1 rings (SSSR count). The summed E-state index contributed by atoms with van der Waals surface area (Å²) in [7, 11) is 0. The molecule has 0 fully saturated rings. The zero-order valence-electron chi connectivity index (χ0n) is 9.43. The van der Waals surface area contributed by atoms with Crippen molar-refractivity contribution in [3.05, 3.63) is 33.1 Å². The number of nitro benzene ring substituents is 1. The summed E-state index contributed by atoms with van der Waals surface area (Å²) < 4.78 is 48.7. The zero-order valence-corrected chi connectivity index (χ0v) is 10.2. The smallest absolute Gasteiger partial charge is 0.379 e. The molecule has 0 unspecified atom stereocenters. The fraction of sp³-hybridized carbons (Fsp3) is 0.400.